The minimum Gasteiger partial charge on any atom is -0.265 e. The van der Waals surface area contributed by atoms with Gasteiger partial charge in [-0.2, -0.15) is 0 Å². The van der Waals surface area contributed by atoms with Gasteiger partial charge in [-0.15, -0.1) is 0 Å². The van der Waals surface area contributed by atoms with Crippen molar-refractivity contribution in [2.75, 3.05) is 6.54 Å². The Bertz CT molecular complexity index is 371. The second-order valence-electron chi connectivity index (χ2n) is 2.63. The fraction of sp³-hybridized carbons (Fsp3) is 0.250. The van der Waals surface area contributed by atoms with Gasteiger partial charge in [0.15, 0.2) is 0 Å². The zero-order chi connectivity index (χ0) is 10.7. The van der Waals surface area contributed by atoms with Gasteiger partial charge < -0.3 is 0 Å². The van der Waals surface area contributed by atoms with Gasteiger partial charge in [-0.25, -0.2) is 8.78 Å². The van der Waals surface area contributed by atoms with Crippen LogP contribution in [-0.2, 0) is 6.42 Å². The molecule has 0 unspecified atom stereocenters. The summed E-state index contributed by atoms with van der Waals surface area (Å²) in [5.41, 5.74) is -0.150. The lowest BCUT2D eigenvalue weighted by atomic mass is 10.1. The van der Waals surface area contributed by atoms with Gasteiger partial charge in [0.05, 0.1) is 5.02 Å². The van der Waals surface area contributed by atoms with Gasteiger partial charge in [-0.3, -0.25) is 10.1 Å². The molecule has 14 heavy (non-hydrogen) atoms. The largest absolute Gasteiger partial charge is 0.265 e. The summed E-state index contributed by atoms with van der Waals surface area (Å²) in [6, 6.07) is 1.78. The fourth-order valence-corrected chi connectivity index (χ4v) is 1.25. The Morgan fingerprint density at radius 2 is 1.93 bits per heavy atom. The van der Waals surface area contributed by atoms with E-state index in [1.54, 1.807) is 0 Å². The fourth-order valence-electron chi connectivity index (χ4n) is 1.00. The molecule has 0 aliphatic carbocycles. The maximum absolute atomic E-state index is 13.0. The molecule has 3 nitrogen and oxygen atoms in total. The van der Waals surface area contributed by atoms with E-state index in [2.05, 4.69) is 0 Å². The van der Waals surface area contributed by atoms with Crippen molar-refractivity contribution in [2.45, 2.75) is 6.42 Å². The molecule has 0 radical (unpaired) electrons. The molecule has 0 fully saturated rings. The van der Waals surface area contributed by atoms with E-state index in [4.69, 9.17) is 11.6 Å². The summed E-state index contributed by atoms with van der Waals surface area (Å²) < 4.78 is 25.8. The summed E-state index contributed by atoms with van der Waals surface area (Å²) in [5, 5.41) is 9.64. The summed E-state index contributed by atoms with van der Waals surface area (Å²) in [6.07, 6.45) is -0.213. The van der Waals surface area contributed by atoms with Gasteiger partial charge in [0, 0.05) is 16.9 Å². The topological polar surface area (TPSA) is 43.1 Å². The molecule has 0 aromatic heterocycles. The molecular formula is C8H6ClF2NO2. The second kappa shape index (κ2) is 4.32. The van der Waals surface area contributed by atoms with E-state index < -0.39 is 23.1 Å². The van der Waals surface area contributed by atoms with Crippen molar-refractivity contribution >= 4 is 11.6 Å². The molecule has 1 aromatic rings. The van der Waals surface area contributed by atoms with E-state index in [0.29, 0.717) is 0 Å². The number of benzene rings is 1. The highest BCUT2D eigenvalue weighted by Gasteiger charge is 2.13. The maximum atomic E-state index is 13.0. The Kier molecular flexibility index (Phi) is 3.35. The molecule has 0 amide bonds. The molecule has 0 N–H and O–H groups in total. The molecule has 0 heterocycles. The molecule has 1 rings (SSSR count). The molecule has 76 valence electrons. The van der Waals surface area contributed by atoms with Crippen molar-refractivity contribution in [3.05, 3.63) is 44.5 Å². The Morgan fingerprint density at radius 3 is 2.50 bits per heavy atom. The Hall–Kier alpha value is -1.23. The predicted molar refractivity (Wildman–Crippen MR) is 46.9 cm³/mol. The zero-order valence-electron chi connectivity index (χ0n) is 6.97. The van der Waals surface area contributed by atoms with Crippen LogP contribution in [0.2, 0.25) is 5.02 Å². The Morgan fingerprint density at radius 1 is 1.36 bits per heavy atom. The SMILES string of the molecule is O=[N+]([O-])CCc1c(F)ccc(F)c1Cl. The molecule has 0 spiro atoms. The summed E-state index contributed by atoms with van der Waals surface area (Å²) in [5.74, 6) is -1.50. The molecule has 0 saturated carbocycles. The first kappa shape index (κ1) is 10.8. The lowest BCUT2D eigenvalue weighted by Gasteiger charge is -2.03. The average molecular weight is 222 g/mol. The minimum atomic E-state index is -0.772. The molecule has 0 atom stereocenters. The van der Waals surface area contributed by atoms with Gasteiger partial charge in [-0.1, -0.05) is 11.6 Å². The van der Waals surface area contributed by atoms with E-state index in [-0.39, 0.29) is 17.0 Å². The van der Waals surface area contributed by atoms with E-state index in [1.807, 2.05) is 0 Å². The zero-order valence-corrected chi connectivity index (χ0v) is 7.72. The van der Waals surface area contributed by atoms with E-state index in [1.165, 1.54) is 0 Å². The van der Waals surface area contributed by atoms with Crippen molar-refractivity contribution in [1.82, 2.24) is 0 Å². The van der Waals surface area contributed by atoms with Crippen LogP contribution in [0.1, 0.15) is 5.56 Å². The molecule has 0 bridgehead atoms. The van der Waals surface area contributed by atoms with Crippen LogP contribution in [0, 0.1) is 21.7 Å². The van der Waals surface area contributed by atoms with Crippen molar-refractivity contribution in [1.29, 1.82) is 0 Å². The normalized spacial score (nSPS) is 10.2. The maximum Gasteiger partial charge on any atom is 0.208 e. The van der Waals surface area contributed by atoms with E-state index in [0.717, 1.165) is 12.1 Å². The highest BCUT2D eigenvalue weighted by molar-refractivity contribution is 6.31. The first-order valence-corrected chi connectivity index (χ1v) is 4.14. The third-order valence-electron chi connectivity index (χ3n) is 1.68. The number of hydrogen-bond acceptors (Lipinski definition) is 2. The van der Waals surface area contributed by atoms with Crippen molar-refractivity contribution in [3.8, 4) is 0 Å². The van der Waals surface area contributed by atoms with E-state index in [9.17, 15) is 18.9 Å². The summed E-state index contributed by atoms with van der Waals surface area (Å²) in [7, 11) is 0. The summed E-state index contributed by atoms with van der Waals surface area (Å²) in [6.45, 7) is -0.472. The molecular weight excluding hydrogens is 216 g/mol. The summed E-state index contributed by atoms with van der Waals surface area (Å²) in [4.78, 5) is 9.42. The summed E-state index contributed by atoms with van der Waals surface area (Å²) >= 11 is 5.44. The highest BCUT2D eigenvalue weighted by Crippen LogP contribution is 2.23. The Labute approximate surface area is 83.4 Å². The monoisotopic (exact) mass is 221 g/mol. The lowest BCUT2D eigenvalue weighted by molar-refractivity contribution is -0.479. The van der Waals surface area contributed by atoms with Crippen molar-refractivity contribution in [3.63, 3.8) is 0 Å². The van der Waals surface area contributed by atoms with Gasteiger partial charge in [0.1, 0.15) is 11.6 Å². The van der Waals surface area contributed by atoms with Gasteiger partial charge >= 0.3 is 0 Å². The van der Waals surface area contributed by atoms with Crippen LogP contribution in [0.3, 0.4) is 0 Å². The standard InChI is InChI=1S/C8H6ClF2NO2/c9-8-5(3-4-12(13)14)6(10)1-2-7(8)11/h1-2H,3-4H2. The van der Waals surface area contributed by atoms with Crippen LogP contribution in [-0.4, -0.2) is 11.5 Å². The average Bonchev–Trinajstić information content (AvgIpc) is 2.11. The third kappa shape index (κ3) is 2.38. The van der Waals surface area contributed by atoms with Crippen LogP contribution in [0.15, 0.2) is 12.1 Å². The minimum absolute atomic E-state index is 0.150. The highest BCUT2D eigenvalue weighted by atomic mass is 35.5. The van der Waals surface area contributed by atoms with Crippen LogP contribution < -0.4 is 0 Å². The van der Waals surface area contributed by atoms with Crippen molar-refractivity contribution < 1.29 is 13.7 Å². The number of nitro groups is 1. The lowest BCUT2D eigenvalue weighted by Crippen LogP contribution is -2.06. The number of hydrogen-bond donors (Lipinski definition) is 0. The quantitative estimate of drug-likeness (QED) is 0.447. The van der Waals surface area contributed by atoms with Gasteiger partial charge in [-0.05, 0) is 12.1 Å². The number of nitrogens with zero attached hydrogens (tertiary/aromatic N) is 1. The van der Waals surface area contributed by atoms with Crippen LogP contribution in [0.25, 0.3) is 0 Å². The van der Waals surface area contributed by atoms with Crippen LogP contribution in [0.4, 0.5) is 8.78 Å². The predicted octanol–water partition coefficient (Wildman–Crippen LogP) is 2.44. The first-order valence-electron chi connectivity index (χ1n) is 3.76. The smallest absolute Gasteiger partial charge is 0.208 e. The van der Waals surface area contributed by atoms with Crippen LogP contribution >= 0.6 is 11.6 Å². The third-order valence-corrected chi connectivity index (χ3v) is 2.09. The van der Waals surface area contributed by atoms with Crippen molar-refractivity contribution in [2.24, 2.45) is 0 Å². The molecule has 6 heteroatoms. The molecule has 1 aromatic carbocycles. The second-order valence-corrected chi connectivity index (χ2v) is 3.01. The van der Waals surface area contributed by atoms with E-state index >= 15 is 0 Å². The van der Waals surface area contributed by atoms with Gasteiger partial charge in [0.2, 0.25) is 6.54 Å². The number of halogens is 3. The first-order chi connectivity index (χ1) is 6.52. The van der Waals surface area contributed by atoms with Gasteiger partial charge in [0.25, 0.3) is 0 Å². The number of rotatable bonds is 3. The molecule has 0 saturated heterocycles. The Balaban J connectivity index is 2.95. The van der Waals surface area contributed by atoms with Crippen LogP contribution in [0.5, 0.6) is 0 Å². The molecule has 0 aliphatic heterocycles. The molecule has 0 aliphatic rings.